The Morgan fingerprint density at radius 2 is 2.06 bits per heavy atom. The minimum absolute atomic E-state index is 0.0907. The number of aliphatic hydroxyl groups is 1. The molecular formula is C13H16ClNO2. The number of aliphatic hydroxyl groups excluding tert-OH is 1. The highest BCUT2D eigenvalue weighted by atomic mass is 35.5. The Kier molecular flexibility index (Phi) is 4.02. The molecule has 1 atom stereocenters. The third-order valence-electron chi connectivity index (χ3n) is 3.05. The molecule has 1 aromatic carbocycles. The summed E-state index contributed by atoms with van der Waals surface area (Å²) in [7, 11) is 0. The Morgan fingerprint density at radius 3 is 2.59 bits per heavy atom. The summed E-state index contributed by atoms with van der Waals surface area (Å²) in [5, 5.41) is 12.6. The van der Waals surface area contributed by atoms with Gasteiger partial charge in [0.05, 0.1) is 0 Å². The van der Waals surface area contributed by atoms with Crippen LogP contribution in [0.4, 0.5) is 0 Å². The molecule has 0 bridgehead atoms. The van der Waals surface area contributed by atoms with Crippen LogP contribution in [0.1, 0.15) is 29.6 Å². The zero-order valence-electron chi connectivity index (χ0n) is 9.53. The fraction of sp³-hybridized carbons (Fsp3) is 0.462. The van der Waals surface area contributed by atoms with Gasteiger partial charge < -0.3 is 10.4 Å². The molecule has 1 aromatic rings. The van der Waals surface area contributed by atoms with Crippen molar-refractivity contribution in [2.75, 3.05) is 6.61 Å². The molecule has 0 aromatic heterocycles. The van der Waals surface area contributed by atoms with E-state index >= 15 is 0 Å². The first-order chi connectivity index (χ1) is 8.20. The molecule has 0 saturated heterocycles. The molecule has 0 heterocycles. The quantitative estimate of drug-likeness (QED) is 0.846. The maximum Gasteiger partial charge on any atom is 0.251 e. The lowest BCUT2D eigenvalue weighted by molar-refractivity contribution is 0.0924. The first-order valence-electron chi connectivity index (χ1n) is 5.88. The van der Waals surface area contributed by atoms with Gasteiger partial charge in [0.1, 0.15) is 0 Å². The Morgan fingerprint density at radius 1 is 1.41 bits per heavy atom. The summed E-state index contributed by atoms with van der Waals surface area (Å²) in [6, 6.07) is 6.92. The molecule has 1 aliphatic carbocycles. The molecule has 0 radical (unpaired) electrons. The minimum Gasteiger partial charge on any atom is -0.396 e. The van der Waals surface area contributed by atoms with Gasteiger partial charge in [-0.15, -0.1) is 0 Å². The third-order valence-corrected chi connectivity index (χ3v) is 3.31. The maximum atomic E-state index is 11.9. The van der Waals surface area contributed by atoms with Gasteiger partial charge in [0.2, 0.25) is 0 Å². The lowest BCUT2D eigenvalue weighted by Gasteiger charge is -2.17. The summed E-state index contributed by atoms with van der Waals surface area (Å²) in [5.41, 5.74) is 0.609. The standard InChI is InChI=1S/C13H16ClNO2/c14-11-5-3-10(4-6-11)13(17)15-12(7-8-16)9-1-2-9/h3-6,9,12,16H,1-2,7-8H2,(H,15,17). The first kappa shape index (κ1) is 12.4. The molecule has 1 saturated carbocycles. The van der Waals surface area contributed by atoms with Gasteiger partial charge in [0, 0.05) is 23.2 Å². The highest BCUT2D eigenvalue weighted by Crippen LogP contribution is 2.34. The summed E-state index contributed by atoms with van der Waals surface area (Å²) < 4.78 is 0. The second kappa shape index (κ2) is 5.52. The monoisotopic (exact) mass is 253 g/mol. The van der Waals surface area contributed by atoms with Crippen LogP contribution in [0, 0.1) is 5.92 Å². The molecule has 92 valence electrons. The summed E-state index contributed by atoms with van der Waals surface area (Å²) in [4.78, 5) is 11.9. The number of rotatable bonds is 5. The fourth-order valence-corrected chi connectivity index (χ4v) is 2.04. The second-order valence-corrected chi connectivity index (χ2v) is 4.87. The van der Waals surface area contributed by atoms with E-state index in [1.807, 2.05) is 0 Å². The highest BCUT2D eigenvalue weighted by Gasteiger charge is 2.31. The van der Waals surface area contributed by atoms with Crippen LogP contribution in [-0.2, 0) is 0 Å². The minimum atomic E-state index is -0.0907. The van der Waals surface area contributed by atoms with E-state index in [9.17, 15) is 4.79 Å². The van der Waals surface area contributed by atoms with Crippen molar-refractivity contribution in [3.05, 3.63) is 34.9 Å². The van der Waals surface area contributed by atoms with Gasteiger partial charge in [0.25, 0.3) is 5.91 Å². The van der Waals surface area contributed by atoms with Gasteiger partial charge in [0.15, 0.2) is 0 Å². The molecule has 0 aliphatic heterocycles. The molecule has 1 amide bonds. The number of benzene rings is 1. The first-order valence-corrected chi connectivity index (χ1v) is 6.26. The van der Waals surface area contributed by atoms with Crippen LogP contribution < -0.4 is 5.32 Å². The van der Waals surface area contributed by atoms with E-state index < -0.39 is 0 Å². The molecule has 2 rings (SSSR count). The Labute approximate surface area is 106 Å². The number of amides is 1. The maximum absolute atomic E-state index is 11.9. The van der Waals surface area contributed by atoms with Crippen LogP contribution >= 0.6 is 11.6 Å². The average Bonchev–Trinajstić information content (AvgIpc) is 3.13. The zero-order valence-corrected chi connectivity index (χ0v) is 10.3. The molecule has 4 heteroatoms. The van der Waals surface area contributed by atoms with Crippen LogP contribution in [0.5, 0.6) is 0 Å². The topological polar surface area (TPSA) is 49.3 Å². The fourth-order valence-electron chi connectivity index (χ4n) is 1.92. The Hall–Kier alpha value is -1.06. The van der Waals surface area contributed by atoms with Gasteiger partial charge >= 0.3 is 0 Å². The van der Waals surface area contributed by atoms with Gasteiger partial charge in [-0.1, -0.05) is 11.6 Å². The van der Waals surface area contributed by atoms with Crippen molar-refractivity contribution in [3.63, 3.8) is 0 Å². The van der Waals surface area contributed by atoms with E-state index in [1.165, 1.54) is 0 Å². The second-order valence-electron chi connectivity index (χ2n) is 4.44. The number of hydrogen-bond donors (Lipinski definition) is 2. The molecule has 0 spiro atoms. The molecular weight excluding hydrogens is 238 g/mol. The van der Waals surface area contributed by atoms with Crippen LogP contribution in [0.15, 0.2) is 24.3 Å². The summed E-state index contributed by atoms with van der Waals surface area (Å²) in [6.07, 6.45) is 2.92. The lowest BCUT2D eigenvalue weighted by atomic mass is 10.1. The number of hydrogen-bond acceptors (Lipinski definition) is 2. The predicted octanol–water partition coefficient (Wildman–Crippen LogP) is 2.23. The lowest BCUT2D eigenvalue weighted by Crippen LogP contribution is -2.37. The molecule has 1 unspecified atom stereocenters. The predicted molar refractivity (Wildman–Crippen MR) is 67.1 cm³/mol. The van der Waals surface area contributed by atoms with Crippen molar-refractivity contribution < 1.29 is 9.90 Å². The molecule has 17 heavy (non-hydrogen) atoms. The van der Waals surface area contributed by atoms with Crippen LogP contribution in [0.25, 0.3) is 0 Å². The molecule has 1 fully saturated rings. The number of carbonyl (C=O) groups excluding carboxylic acids is 1. The number of nitrogens with one attached hydrogen (secondary N) is 1. The van der Waals surface area contributed by atoms with Crippen LogP contribution in [0.3, 0.4) is 0 Å². The van der Waals surface area contributed by atoms with E-state index in [1.54, 1.807) is 24.3 Å². The van der Waals surface area contributed by atoms with Gasteiger partial charge in [-0.05, 0) is 49.4 Å². The Balaban J connectivity index is 1.97. The van der Waals surface area contributed by atoms with Crippen LogP contribution in [-0.4, -0.2) is 23.7 Å². The van der Waals surface area contributed by atoms with E-state index in [0.29, 0.717) is 22.9 Å². The summed E-state index contributed by atoms with van der Waals surface area (Å²) in [6.45, 7) is 0.113. The summed E-state index contributed by atoms with van der Waals surface area (Å²) >= 11 is 5.77. The average molecular weight is 254 g/mol. The molecule has 3 nitrogen and oxygen atoms in total. The number of carbonyl (C=O) groups is 1. The van der Waals surface area contributed by atoms with E-state index in [-0.39, 0.29) is 18.6 Å². The van der Waals surface area contributed by atoms with Crippen molar-refractivity contribution in [2.24, 2.45) is 5.92 Å². The van der Waals surface area contributed by atoms with Crippen LogP contribution in [0.2, 0.25) is 5.02 Å². The van der Waals surface area contributed by atoms with Crippen molar-refractivity contribution in [2.45, 2.75) is 25.3 Å². The molecule has 2 N–H and O–H groups in total. The highest BCUT2D eigenvalue weighted by molar-refractivity contribution is 6.30. The van der Waals surface area contributed by atoms with E-state index in [2.05, 4.69) is 5.32 Å². The van der Waals surface area contributed by atoms with Gasteiger partial charge in [-0.25, -0.2) is 0 Å². The number of halogens is 1. The van der Waals surface area contributed by atoms with Crippen molar-refractivity contribution in [1.29, 1.82) is 0 Å². The molecule has 1 aliphatic rings. The smallest absolute Gasteiger partial charge is 0.251 e. The van der Waals surface area contributed by atoms with Gasteiger partial charge in [-0.2, -0.15) is 0 Å². The van der Waals surface area contributed by atoms with Gasteiger partial charge in [-0.3, -0.25) is 4.79 Å². The van der Waals surface area contributed by atoms with E-state index in [0.717, 1.165) is 12.8 Å². The van der Waals surface area contributed by atoms with Crippen molar-refractivity contribution in [3.8, 4) is 0 Å². The van der Waals surface area contributed by atoms with Crippen molar-refractivity contribution in [1.82, 2.24) is 5.32 Å². The van der Waals surface area contributed by atoms with E-state index in [4.69, 9.17) is 16.7 Å². The normalized spacial score (nSPS) is 16.6. The summed E-state index contributed by atoms with van der Waals surface area (Å²) in [5.74, 6) is 0.449. The largest absolute Gasteiger partial charge is 0.396 e. The zero-order chi connectivity index (χ0) is 12.3. The van der Waals surface area contributed by atoms with Crippen molar-refractivity contribution >= 4 is 17.5 Å². The Bertz CT molecular complexity index is 387. The SMILES string of the molecule is O=C(NC(CCO)C1CC1)c1ccc(Cl)cc1. The third kappa shape index (κ3) is 3.45.